The molecule has 6 rings (SSSR count). The van der Waals surface area contributed by atoms with E-state index in [1.54, 1.807) is 0 Å². The SMILES string of the molecule is O=C(c1cccc2ccccc12)c1cn(CCN2CCOCC2)c2ccc(OCc3ccccc3)cc12. The number of aromatic nitrogens is 1. The fraction of sp³-hybridized carbons (Fsp3) is 0.219. The molecule has 0 unspecified atom stereocenters. The van der Waals surface area contributed by atoms with Gasteiger partial charge < -0.3 is 14.0 Å². The molecular formula is C32H30N2O3. The molecule has 0 aliphatic carbocycles. The van der Waals surface area contributed by atoms with Crippen LogP contribution in [0.5, 0.6) is 5.75 Å². The number of carbonyl (C=O) groups is 1. The van der Waals surface area contributed by atoms with Crippen molar-refractivity contribution >= 4 is 27.5 Å². The summed E-state index contributed by atoms with van der Waals surface area (Å²) in [5.41, 5.74) is 3.58. The second-order valence-corrected chi connectivity index (χ2v) is 9.50. The first-order valence-corrected chi connectivity index (χ1v) is 12.9. The zero-order valence-corrected chi connectivity index (χ0v) is 20.8. The molecule has 1 aromatic heterocycles. The highest BCUT2D eigenvalue weighted by Gasteiger charge is 2.20. The molecule has 0 N–H and O–H groups in total. The van der Waals surface area contributed by atoms with Gasteiger partial charge in [-0.2, -0.15) is 0 Å². The van der Waals surface area contributed by atoms with Crippen LogP contribution >= 0.6 is 0 Å². The number of hydrogen-bond acceptors (Lipinski definition) is 4. The monoisotopic (exact) mass is 490 g/mol. The first-order chi connectivity index (χ1) is 18.3. The van der Waals surface area contributed by atoms with E-state index in [4.69, 9.17) is 9.47 Å². The minimum Gasteiger partial charge on any atom is -0.489 e. The van der Waals surface area contributed by atoms with Gasteiger partial charge in [-0.15, -0.1) is 0 Å². The number of hydrogen-bond donors (Lipinski definition) is 0. The first kappa shape index (κ1) is 23.5. The second-order valence-electron chi connectivity index (χ2n) is 9.50. The van der Waals surface area contributed by atoms with E-state index in [2.05, 4.69) is 27.7 Å². The third-order valence-electron chi connectivity index (χ3n) is 7.14. The molecule has 37 heavy (non-hydrogen) atoms. The Hall–Kier alpha value is -3.93. The molecule has 0 bridgehead atoms. The maximum Gasteiger partial charge on any atom is 0.195 e. The molecule has 0 saturated carbocycles. The Balaban J connectivity index is 1.36. The number of carbonyl (C=O) groups excluding carboxylic acids is 1. The van der Waals surface area contributed by atoms with E-state index in [9.17, 15) is 4.79 Å². The van der Waals surface area contributed by atoms with Crippen LogP contribution in [0.4, 0.5) is 0 Å². The van der Waals surface area contributed by atoms with Gasteiger partial charge in [-0.05, 0) is 34.5 Å². The van der Waals surface area contributed by atoms with Crippen LogP contribution < -0.4 is 4.74 Å². The van der Waals surface area contributed by atoms with E-state index in [-0.39, 0.29) is 5.78 Å². The van der Waals surface area contributed by atoms with Crippen molar-refractivity contribution in [1.82, 2.24) is 9.47 Å². The van der Waals surface area contributed by atoms with E-state index in [1.165, 1.54) is 0 Å². The molecule has 0 atom stereocenters. The largest absolute Gasteiger partial charge is 0.489 e. The standard InChI is InChI=1S/C32H30N2O3/c35-32(28-12-6-10-25-9-4-5-11-27(25)28)30-22-34(16-15-33-17-19-36-20-18-33)31-14-13-26(21-29(30)31)37-23-24-7-2-1-3-8-24/h1-14,21-22H,15-20,23H2. The maximum absolute atomic E-state index is 14.0. The summed E-state index contributed by atoms with van der Waals surface area (Å²) in [4.78, 5) is 16.4. The summed E-state index contributed by atoms with van der Waals surface area (Å²) in [5.74, 6) is 0.793. The molecule has 0 spiro atoms. The Bertz CT molecular complexity index is 1530. The average Bonchev–Trinajstić information content (AvgIpc) is 3.33. The lowest BCUT2D eigenvalue weighted by atomic mass is 9.97. The summed E-state index contributed by atoms with van der Waals surface area (Å²) < 4.78 is 13.8. The molecule has 1 aliphatic heterocycles. The second kappa shape index (κ2) is 10.6. The minimum atomic E-state index is 0.0344. The van der Waals surface area contributed by atoms with E-state index in [0.717, 1.165) is 77.9 Å². The van der Waals surface area contributed by atoms with Gasteiger partial charge in [-0.1, -0.05) is 72.8 Å². The Kier molecular flexibility index (Phi) is 6.72. The molecule has 4 aromatic carbocycles. The van der Waals surface area contributed by atoms with Crippen LogP contribution in [0, 0.1) is 0 Å². The van der Waals surface area contributed by atoms with E-state index < -0.39 is 0 Å². The smallest absolute Gasteiger partial charge is 0.195 e. The predicted molar refractivity (Wildman–Crippen MR) is 147 cm³/mol. The quantitative estimate of drug-likeness (QED) is 0.253. The summed E-state index contributed by atoms with van der Waals surface area (Å²) in [7, 11) is 0. The molecule has 186 valence electrons. The minimum absolute atomic E-state index is 0.0344. The molecule has 1 fully saturated rings. The number of ether oxygens (including phenoxy) is 2. The van der Waals surface area contributed by atoms with Crippen LogP contribution in [-0.4, -0.2) is 48.1 Å². The van der Waals surface area contributed by atoms with Crippen molar-refractivity contribution in [2.45, 2.75) is 13.2 Å². The highest BCUT2D eigenvalue weighted by Crippen LogP contribution is 2.30. The summed E-state index contributed by atoms with van der Waals surface area (Å²) >= 11 is 0. The van der Waals surface area contributed by atoms with Crippen LogP contribution in [0.15, 0.2) is 97.2 Å². The lowest BCUT2D eigenvalue weighted by Crippen LogP contribution is -2.38. The Labute approximate surface area is 216 Å². The number of benzene rings is 4. The highest BCUT2D eigenvalue weighted by atomic mass is 16.5. The van der Waals surface area contributed by atoms with Crippen molar-refractivity contribution in [2.75, 3.05) is 32.8 Å². The van der Waals surface area contributed by atoms with E-state index >= 15 is 0 Å². The van der Waals surface area contributed by atoms with Crippen LogP contribution in [0.25, 0.3) is 21.7 Å². The van der Waals surface area contributed by atoms with Crippen LogP contribution in [0.1, 0.15) is 21.5 Å². The number of fused-ring (bicyclic) bond motifs is 2. The topological polar surface area (TPSA) is 43.7 Å². The maximum atomic E-state index is 14.0. The van der Waals surface area contributed by atoms with Crippen molar-refractivity contribution in [3.63, 3.8) is 0 Å². The zero-order chi connectivity index (χ0) is 25.0. The van der Waals surface area contributed by atoms with Crippen molar-refractivity contribution in [2.24, 2.45) is 0 Å². The average molecular weight is 491 g/mol. The lowest BCUT2D eigenvalue weighted by Gasteiger charge is -2.26. The zero-order valence-electron chi connectivity index (χ0n) is 20.8. The van der Waals surface area contributed by atoms with Gasteiger partial charge in [0, 0.05) is 54.4 Å². The van der Waals surface area contributed by atoms with Crippen molar-refractivity contribution in [1.29, 1.82) is 0 Å². The van der Waals surface area contributed by atoms with Crippen LogP contribution in [-0.2, 0) is 17.9 Å². The van der Waals surface area contributed by atoms with Crippen molar-refractivity contribution in [3.05, 3.63) is 114 Å². The first-order valence-electron chi connectivity index (χ1n) is 12.9. The summed E-state index contributed by atoms with van der Waals surface area (Å²) in [6.07, 6.45) is 2.02. The molecule has 5 nitrogen and oxygen atoms in total. The Morgan fingerprint density at radius 2 is 1.57 bits per heavy atom. The van der Waals surface area contributed by atoms with Gasteiger partial charge in [0.25, 0.3) is 0 Å². The fourth-order valence-corrected chi connectivity index (χ4v) is 5.12. The normalized spacial score (nSPS) is 14.3. The van der Waals surface area contributed by atoms with Gasteiger partial charge in [0.1, 0.15) is 12.4 Å². The Morgan fingerprint density at radius 3 is 2.43 bits per heavy atom. The molecule has 1 saturated heterocycles. The van der Waals surface area contributed by atoms with Crippen molar-refractivity contribution in [3.8, 4) is 5.75 Å². The molecule has 0 radical (unpaired) electrons. The van der Waals surface area contributed by atoms with E-state index in [0.29, 0.717) is 12.2 Å². The molecule has 5 aromatic rings. The van der Waals surface area contributed by atoms with E-state index in [1.807, 2.05) is 79.0 Å². The number of ketones is 1. The van der Waals surface area contributed by atoms with Gasteiger partial charge in [0.05, 0.1) is 13.2 Å². The Morgan fingerprint density at radius 1 is 0.784 bits per heavy atom. The molecule has 2 heterocycles. The number of rotatable bonds is 8. The highest BCUT2D eigenvalue weighted by molar-refractivity contribution is 6.21. The predicted octanol–water partition coefficient (Wildman–Crippen LogP) is 5.94. The summed E-state index contributed by atoms with van der Waals surface area (Å²) in [6, 6.07) is 30.2. The van der Waals surface area contributed by atoms with Gasteiger partial charge >= 0.3 is 0 Å². The van der Waals surface area contributed by atoms with Gasteiger partial charge in [0.15, 0.2) is 5.78 Å². The third-order valence-corrected chi connectivity index (χ3v) is 7.14. The van der Waals surface area contributed by atoms with Crippen molar-refractivity contribution < 1.29 is 14.3 Å². The molecule has 1 aliphatic rings. The van der Waals surface area contributed by atoms with Gasteiger partial charge in [0.2, 0.25) is 0 Å². The number of morpholine rings is 1. The van der Waals surface area contributed by atoms with Gasteiger partial charge in [-0.25, -0.2) is 0 Å². The molecular weight excluding hydrogens is 460 g/mol. The molecule has 5 heteroatoms. The molecule has 0 amide bonds. The summed E-state index contributed by atoms with van der Waals surface area (Å²) in [5, 5.41) is 2.96. The van der Waals surface area contributed by atoms with Crippen LogP contribution in [0.2, 0.25) is 0 Å². The third kappa shape index (κ3) is 5.01. The summed E-state index contributed by atoms with van der Waals surface area (Å²) in [6.45, 7) is 5.65. The fourth-order valence-electron chi connectivity index (χ4n) is 5.12. The van der Waals surface area contributed by atoms with Crippen LogP contribution in [0.3, 0.4) is 0 Å². The number of nitrogens with zero attached hydrogens (tertiary/aromatic N) is 2. The lowest BCUT2D eigenvalue weighted by molar-refractivity contribution is 0.0365. The van der Waals surface area contributed by atoms with Gasteiger partial charge in [-0.3, -0.25) is 9.69 Å².